The number of nitrogens with one attached hydrogen (secondary N) is 1. The molecule has 4 rings (SSSR count). The molecule has 146 valence electrons. The molecule has 0 unspecified atom stereocenters. The zero-order chi connectivity index (χ0) is 19.2. The second kappa shape index (κ2) is 6.95. The van der Waals surface area contributed by atoms with Crippen molar-refractivity contribution in [2.45, 2.75) is 76.0 Å². The summed E-state index contributed by atoms with van der Waals surface area (Å²) in [5.41, 5.74) is 2.44. The Morgan fingerprint density at radius 3 is 2.30 bits per heavy atom. The van der Waals surface area contributed by atoms with Gasteiger partial charge in [0.1, 0.15) is 16.7 Å². The molecule has 2 aromatic rings. The van der Waals surface area contributed by atoms with Crippen LogP contribution < -0.4 is 4.74 Å². The minimum absolute atomic E-state index is 0.00219. The summed E-state index contributed by atoms with van der Waals surface area (Å²) in [6, 6.07) is 8.22. The topological polar surface area (TPSA) is 75.3 Å². The molecule has 0 aliphatic carbocycles. The van der Waals surface area contributed by atoms with Crippen molar-refractivity contribution >= 4 is 10.0 Å². The standard InChI is InChI=1S/C20H27N3O3S/c1-4-15-5-9-18(10-6-15)26-19-11-16-7-8-17(12-19)23(16)27(24,25)20-13(2)21-22-14(20)3/h5-6,9-10,16-17,19H,4,7-8,11-12H2,1-3H3,(H,21,22)/t16-,17+,19-. The van der Waals surface area contributed by atoms with Crippen molar-refractivity contribution in [1.29, 1.82) is 0 Å². The monoisotopic (exact) mass is 389 g/mol. The van der Waals surface area contributed by atoms with Crippen molar-refractivity contribution in [2.75, 3.05) is 0 Å². The first-order chi connectivity index (χ1) is 12.9. The number of aromatic nitrogens is 2. The van der Waals surface area contributed by atoms with Gasteiger partial charge in [-0.1, -0.05) is 19.1 Å². The van der Waals surface area contributed by atoms with E-state index in [0.29, 0.717) is 16.3 Å². The largest absolute Gasteiger partial charge is 0.490 e. The maximum absolute atomic E-state index is 13.3. The fraction of sp³-hybridized carbons (Fsp3) is 0.550. The first-order valence-corrected chi connectivity index (χ1v) is 11.1. The number of aromatic amines is 1. The zero-order valence-corrected chi connectivity index (χ0v) is 16.9. The third-order valence-corrected chi connectivity index (χ3v) is 8.12. The molecule has 0 saturated carbocycles. The molecule has 7 heteroatoms. The van der Waals surface area contributed by atoms with Crippen molar-refractivity contribution < 1.29 is 13.2 Å². The van der Waals surface area contributed by atoms with Crippen LogP contribution in [0.25, 0.3) is 0 Å². The molecule has 0 spiro atoms. The molecule has 2 saturated heterocycles. The van der Waals surface area contributed by atoms with Gasteiger partial charge in [-0.3, -0.25) is 5.10 Å². The summed E-state index contributed by atoms with van der Waals surface area (Å²) < 4.78 is 34.6. The maximum Gasteiger partial charge on any atom is 0.247 e. The first kappa shape index (κ1) is 18.5. The van der Waals surface area contributed by atoms with Gasteiger partial charge in [0.15, 0.2) is 0 Å². The third kappa shape index (κ3) is 3.27. The van der Waals surface area contributed by atoms with Crippen LogP contribution in [0.4, 0.5) is 0 Å². The Labute approximate surface area is 161 Å². The number of benzene rings is 1. The number of fused-ring (bicyclic) bond motifs is 2. The van der Waals surface area contributed by atoms with Gasteiger partial charge in [-0.15, -0.1) is 0 Å². The van der Waals surface area contributed by atoms with Gasteiger partial charge in [0.2, 0.25) is 10.0 Å². The fourth-order valence-corrected chi connectivity index (χ4v) is 6.83. The highest BCUT2D eigenvalue weighted by molar-refractivity contribution is 7.89. The van der Waals surface area contributed by atoms with E-state index in [2.05, 4.69) is 29.3 Å². The highest BCUT2D eigenvalue weighted by Gasteiger charge is 2.48. The number of hydrogen-bond acceptors (Lipinski definition) is 4. The van der Waals surface area contributed by atoms with Crippen LogP contribution >= 0.6 is 0 Å². The third-order valence-electron chi connectivity index (χ3n) is 5.85. The minimum atomic E-state index is -3.54. The molecule has 2 fully saturated rings. The van der Waals surface area contributed by atoms with Crippen LogP contribution in [-0.4, -0.2) is 41.1 Å². The number of sulfonamides is 1. The quantitative estimate of drug-likeness (QED) is 0.851. The van der Waals surface area contributed by atoms with Crippen LogP contribution in [0.15, 0.2) is 29.2 Å². The van der Waals surface area contributed by atoms with Crippen molar-refractivity contribution in [2.24, 2.45) is 0 Å². The lowest BCUT2D eigenvalue weighted by Gasteiger charge is -2.37. The molecule has 1 aromatic heterocycles. The fourth-order valence-electron chi connectivity index (χ4n) is 4.60. The lowest BCUT2D eigenvalue weighted by atomic mass is 10.0. The van der Waals surface area contributed by atoms with E-state index in [4.69, 9.17) is 4.74 Å². The van der Waals surface area contributed by atoms with E-state index in [1.165, 1.54) is 5.56 Å². The number of nitrogens with zero attached hydrogens (tertiary/aromatic N) is 2. The van der Waals surface area contributed by atoms with Gasteiger partial charge in [0.25, 0.3) is 0 Å². The SMILES string of the molecule is CCc1ccc(O[C@@H]2C[C@H]3CC[C@@H](C2)N3S(=O)(=O)c2c(C)n[nH]c2C)cc1. The number of ether oxygens (including phenoxy) is 1. The smallest absolute Gasteiger partial charge is 0.247 e. The number of hydrogen-bond donors (Lipinski definition) is 1. The van der Waals surface area contributed by atoms with E-state index >= 15 is 0 Å². The Morgan fingerprint density at radius 2 is 1.78 bits per heavy atom. The summed E-state index contributed by atoms with van der Waals surface area (Å²) in [6.45, 7) is 5.64. The van der Waals surface area contributed by atoms with Gasteiger partial charge in [-0.05, 0) is 50.8 Å². The van der Waals surface area contributed by atoms with Gasteiger partial charge < -0.3 is 4.74 Å². The zero-order valence-electron chi connectivity index (χ0n) is 16.1. The van der Waals surface area contributed by atoms with Crippen LogP contribution in [0.3, 0.4) is 0 Å². The molecule has 3 heterocycles. The van der Waals surface area contributed by atoms with Gasteiger partial charge >= 0.3 is 0 Å². The Morgan fingerprint density at radius 1 is 1.15 bits per heavy atom. The molecule has 2 bridgehead atoms. The molecule has 1 aromatic carbocycles. The number of H-pyrrole nitrogens is 1. The van der Waals surface area contributed by atoms with E-state index < -0.39 is 10.0 Å². The number of piperidine rings is 1. The predicted octanol–water partition coefficient (Wildman–Crippen LogP) is 3.35. The summed E-state index contributed by atoms with van der Waals surface area (Å²) in [5.74, 6) is 0.870. The number of aryl methyl sites for hydroxylation is 3. The Hall–Kier alpha value is -1.86. The van der Waals surface area contributed by atoms with Crippen LogP contribution in [0.5, 0.6) is 5.75 Å². The van der Waals surface area contributed by atoms with Crippen molar-refractivity contribution in [3.05, 3.63) is 41.2 Å². The van der Waals surface area contributed by atoms with Crippen LogP contribution in [0.2, 0.25) is 0 Å². The van der Waals surface area contributed by atoms with Gasteiger partial charge in [0, 0.05) is 24.9 Å². The summed E-state index contributed by atoms with van der Waals surface area (Å²) in [6.07, 6.45) is 4.34. The first-order valence-electron chi connectivity index (χ1n) is 9.70. The van der Waals surface area contributed by atoms with Gasteiger partial charge in [0.05, 0.1) is 11.4 Å². The van der Waals surface area contributed by atoms with Crippen molar-refractivity contribution in [3.63, 3.8) is 0 Å². The summed E-state index contributed by atoms with van der Waals surface area (Å²) in [4.78, 5) is 0.342. The Bertz CT molecular complexity index is 887. The molecule has 2 aliphatic rings. The van der Waals surface area contributed by atoms with Crippen molar-refractivity contribution in [1.82, 2.24) is 14.5 Å². The normalized spacial score (nSPS) is 25.7. The van der Waals surface area contributed by atoms with E-state index in [0.717, 1.165) is 37.9 Å². The average molecular weight is 390 g/mol. The van der Waals surface area contributed by atoms with E-state index in [-0.39, 0.29) is 18.2 Å². The second-order valence-corrected chi connectivity index (χ2v) is 9.47. The Kier molecular flexibility index (Phi) is 4.76. The summed E-state index contributed by atoms with van der Waals surface area (Å²) in [7, 11) is -3.54. The molecule has 2 aliphatic heterocycles. The Balaban J connectivity index is 1.52. The molecule has 3 atom stereocenters. The molecular formula is C20H27N3O3S. The lowest BCUT2D eigenvalue weighted by Crippen LogP contribution is -2.49. The summed E-state index contributed by atoms with van der Waals surface area (Å²) in [5, 5.41) is 6.88. The van der Waals surface area contributed by atoms with Gasteiger partial charge in [-0.2, -0.15) is 9.40 Å². The maximum atomic E-state index is 13.3. The van der Waals surface area contributed by atoms with Crippen LogP contribution in [0.1, 0.15) is 49.6 Å². The molecule has 0 amide bonds. The van der Waals surface area contributed by atoms with Crippen molar-refractivity contribution in [3.8, 4) is 5.75 Å². The summed E-state index contributed by atoms with van der Waals surface area (Å²) >= 11 is 0. The molecule has 6 nitrogen and oxygen atoms in total. The van der Waals surface area contributed by atoms with E-state index in [9.17, 15) is 8.42 Å². The van der Waals surface area contributed by atoms with Crippen LogP contribution in [-0.2, 0) is 16.4 Å². The number of rotatable bonds is 5. The molecule has 0 radical (unpaired) electrons. The minimum Gasteiger partial charge on any atom is -0.490 e. The van der Waals surface area contributed by atoms with E-state index in [1.807, 2.05) is 12.1 Å². The van der Waals surface area contributed by atoms with Crippen LogP contribution in [0, 0.1) is 13.8 Å². The average Bonchev–Trinajstić information content (AvgIpc) is 3.13. The predicted molar refractivity (Wildman–Crippen MR) is 103 cm³/mol. The molecular weight excluding hydrogens is 362 g/mol. The second-order valence-electron chi connectivity index (χ2n) is 7.69. The lowest BCUT2D eigenvalue weighted by molar-refractivity contribution is 0.0956. The highest BCUT2D eigenvalue weighted by atomic mass is 32.2. The molecule has 1 N–H and O–H groups in total. The van der Waals surface area contributed by atoms with Gasteiger partial charge in [-0.25, -0.2) is 8.42 Å². The van der Waals surface area contributed by atoms with E-state index in [1.54, 1.807) is 18.2 Å². The molecule has 27 heavy (non-hydrogen) atoms. The highest BCUT2D eigenvalue weighted by Crippen LogP contribution is 2.41.